The number of nitrogens with zero attached hydrogens (tertiary/aromatic N) is 1. The van der Waals surface area contributed by atoms with Gasteiger partial charge in [-0.1, -0.05) is 11.8 Å². The predicted octanol–water partition coefficient (Wildman–Crippen LogP) is 0.664. The SMILES string of the molecule is CCN=C(NCC)SCCN. The van der Waals surface area contributed by atoms with Crippen molar-refractivity contribution in [2.24, 2.45) is 10.7 Å². The van der Waals surface area contributed by atoms with Crippen molar-refractivity contribution in [2.45, 2.75) is 13.8 Å². The molecule has 0 spiro atoms. The zero-order valence-corrected chi connectivity index (χ0v) is 8.08. The fraction of sp³-hybridized carbons (Fsp3) is 0.857. The number of nitrogens with two attached hydrogens (primary N) is 1. The molecule has 0 rings (SSSR count). The summed E-state index contributed by atoms with van der Waals surface area (Å²) in [5, 5.41) is 4.19. The summed E-state index contributed by atoms with van der Waals surface area (Å²) in [5.41, 5.74) is 5.37. The first-order valence-corrected chi connectivity index (χ1v) is 4.94. The highest BCUT2D eigenvalue weighted by Crippen LogP contribution is 1.99. The molecule has 0 saturated carbocycles. The number of rotatable bonds is 4. The third-order valence-electron chi connectivity index (χ3n) is 0.986. The van der Waals surface area contributed by atoms with Gasteiger partial charge in [-0.2, -0.15) is 0 Å². The second kappa shape index (κ2) is 7.88. The summed E-state index contributed by atoms with van der Waals surface area (Å²) in [6, 6.07) is 0. The topological polar surface area (TPSA) is 50.4 Å². The van der Waals surface area contributed by atoms with Crippen molar-refractivity contribution in [1.29, 1.82) is 0 Å². The fourth-order valence-corrected chi connectivity index (χ4v) is 1.38. The number of nitrogens with one attached hydrogen (secondary N) is 1. The van der Waals surface area contributed by atoms with Crippen LogP contribution in [0.3, 0.4) is 0 Å². The van der Waals surface area contributed by atoms with Crippen LogP contribution in [-0.2, 0) is 0 Å². The van der Waals surface area contributed by atoms with E-state index in [1.165, 1.54) is 0 Å². The van der Waals surface area contributed by atoms with E-state index < -0.39 is 0 Å². The van der Waals surface area contributed by atoms with Crippen LogP contribution in [0.1, 0.15) is 13.8 Å². The second-order valence-electron chi connectivity index (χ2n) is 1.95. The number of hydrogen-bond acceptors (Lipinski definition) is 3. The van der Waals surface area contributed by atoms with E-state index in [4.69, 9.17) is 5.73 Å². The van der Waals surface area contributed by atoms with E-state index in [1.54, 1.807) is 11.8 Å². The molecule has 0 atom stereocenters. The summed E-state index contributed by atoms with van der Waals surface area (Å²) < 4.78 is 0. The van der Waals surface area contributed by atoms with Crippen LogP contribution in [0.15, 0.2) is 4.99 Å². The summed E-state index contributed by atoms with van der Waals surface area (Å²) in [6.45, 7) is 6.56. The molecule has 0 aliphatic heterocycles. The van der Waals surface area contributed by atoms with Crippen LogP contribution in [0.2, 0.25) is 0 Å². The Balaban J connectivity index is 3.60. The van der Waals surface area contributed by atoms with Gasteiger partial charge in [0.25, 0.3) is 0 Å². The standard InChI is InChI=1S/C7H17N3S/c1-3-9-7(10-4-2)11-6-5-8/h3-6,8H2,1-2H3,(H,9,10). The van der Waals surface area contributed by atoms with Crippen molar-refractivity contribution in [3.63, 3.8) is 0 Å². The third-order valence-corrected chi connectivity index (χ3v) is 1.97. The molecule has 4 heteroatoms. The molecule has 3 nitrogen and oxygen atoms in total. The molecule has 0 aliphatic carbocycles. The van der Waals surface area contributed by atoms with Crippen LogP contribution in [0.4, 0.5) is 0 Å². The van der Waals surface area contributed by atoms with Crippen molar-refractivity contribution in [2.75, 3.05) is 25.4 Å². The van der Waals surface area contributed by atoms with E-state index in [9.17, 15) is 0 Å². The van der Waals surface area contributed by atoms with Gasteiger partial charge in [0.2, 0.25) is 0 Å². The van der Waals surface area contributed by atoms with Crippen LogP contribution in [0.5, 0.6) is 0 Å². The summed E-state index contributed by atoms with van der Waals surface area (Å²) >= 11 is 1.68. The lowest BCUT2D eigenvalue weighted by Crippen LogP contribution is -2.21. The highest BCUT2D eigenvalue weighted by molar-refractivity contribution is 8.13. The van der Waals surface area contributed by atoms with Crippen molar-refractivity contribution in [1.82, 2.24) is 5.32 Å². The van der Waals surface area contributed by atoms with Crippen molar-refractivity contribution < 1.29 is 0 Å². The number of thioether (sulfide) groups is 1. The van der Waals surface area contributed by atoms with Gasteiger partial charge in [-0.25, -0.2) is 0 Å². The van der Waals surface area contributed by atoms with Gasteiger partial charge in [-0.05, 0) is 13.8 Å². The highest BCUT2D eigenvalue weighted by Gasteiger charge is 1.94. The van der Waals surface area contributed by atoms with Gasteiger partial charge in [-0.3, -0.25) is 4.99 Å². The molecule has 66 valence electrons. The Kier molecular flexibility index (Phi) is 7.72. The Labute approximate surface area is 72.8 Å². The number of aliphatic imine (C=N–C) groups is 1. The quantitative estimate of drug-likeness (QED) is 0.487. The Hall–Kier alpha value is -0.220. The lowest BCUT2D eigenvalue weighted by atomic mass is 10.7. The molecule has 11 heavy (non-hydrogen) atoms. The Morgan fingerprint density at radius 3 is 2.73 bits per heavy atom. The molecule has 0 fully saturated rings. The molecule has 0 aliphatic rings. The van der Waals surface area contributed by atoms with Crippen molar-refractivity contribution in [3.8, 4) is 0 Å². The molecule has 0 amide bonds. The van der Waals surface area contributed by atoms with Gasteiger partial charge >= 0.3 is 0 Å². The molecule has 0 saturated heterocycles. The Morgan fingerprint density at radius 1 is 1.55 bits per heavy atom. The first-order chi connectivity index (χ1) is 5.35. The molecule has 3 N–H and O–H groups in total. The third kappa shape index (κ3) is 6.19. The minimum absolute atomic E-state index is 0.707. The summed E-state index contributed by atoms with van der Waals surface area (Å²) in [6.07, 6.45) is 0. The minimum atomic E-state index is 0.707. The summed E-state index contributed by atoms with van der Waals surface area (Å²) in [5.74, 6) is 0.936. The smallest absolute Gasteiger partial charge is 0.156 e. The van der Waals surface area contributed by atoms with Crippen LogP contribution in [0, 0.1) is 0 Å². The maximum Gasteiger partial charge on any atom is 0.156 e. The minimum Gasteiger partial charge on any atom is -0.365 e. The summed E-state index contributed by atoms with van der Waals surface area (Å²) in [7, 11) is 0. The van der Waals surface area contributed by atoms with Gasteiger partial charge in [0, 0.05) is 25.4 Å². The monoisotopic (exact) mass is 175 g/mol. The van der Waals surface area contributed by atoms with E-state index in [1.807, 2.05) is 6.92 Å². The molecule has 0 unspecified atom stereocenters. The van der Waals surface area contributed by atoms with E-state index in [0.717, 1.165) is 24.0 Å². The average molecular weight is 175 g/mol. The summed E-state index contributed by atoms with van der Waals surface area (Å²) in [4.78, 5) is 4.26. The van der Waals surface area contributed by atoms with Crippen LogP contribution in [-0.4, -0.2) is 30.6 Å². The average Bonchev–Trinajstić information content (AvgIpc) is 2.01. The zero-order valence-electron chi connectivity index (χ0n) is 7.26. The van der Waals surface area contributed by atoms with Gasteiger partial charge < -0.3 is 11.1 Å². The van der Waals surface area contributed by atoms with Gasteiger partial charge in [0.15, 0.2) is 5.17 Å². The van der Waals surface area contributed by atoms with Gasteiger partial charge in [0.1, 0.15) is 0 Å². The first-order valence-electron chi connectivity index (χ1n) is 3.96. The first kappa shape index (κ1) is 10.8. The second-order valence-corrected chi connectivity index (χ2v) is 3.03. The van der Waals surface area contributed by atoms with Crippen molar-refractivity contribution in [3.05, 3.63) is 0 Å². The van der Waals surface area contributed by atoms with Crippen molar-refractivity contribution >= 4 is 16.9 Å². The van der Waals surface area contributed by atoms with Gasteiger partial charge in [0.05, 0.1) is 0 Å². The van der Waals surface area contributed by atoms with E-state index in [-0.39, 0.29) is 0 Å². The predicted molar refractivity (Wildman–Crippen MR) is 53.2 cm³/mol. The lowest BCUT2D eigenvalue weighted by Gasteiger charge is -2.05. The molecule has 0 aromatic rings. The number of hydrogen-bond donors (Lipinski definition) is 2. The highest BCUT2D eigenvalue weighted by atomic mass is 32.2. The molecular formula is C7H17N3S. The molecule has 0 heterocycles. The van der Waals surface area contributed by atoms with Gasteiger partial charge in [-0.15, -0.1) is 0 Å². The zero-order chi connectivity index (χ0) is 8.53. The van der Waals surface area contributed by atoms with Crippen LogP contribution >= 0.6 is 11.8 Å². The fourth-order valence-electron chi connectivity index (χ4n) is 0.603. The lowest BCUT2D eigenvalue weighted by molar-refractivity contribution is 0.964. The maximum atomic E-state index is 5.37. The Morgan fingerprint density at radius 2 is 2.27 bits per heavy atom. The van der Waals surface area contributed by atoms with Crippen LogP contribution in [0.25, 0.3) is 0 Å². The largest absolute Gasteiger partial charge is 0.365 e. The van der Waals surface area contributed by atoms with Crippen LogP contribution < -0.4 is 11.1 Å². The van der Waals surface area contributed by atoms with E-state index in [0.29, 0.717) is 6.54 Å². The normalized spacial score (nSPS) is 11.7. The molecule has 0 bridgehead atoms. The maximum absolute atomic E-state index is 5.37. The Bertz CT molecular complexity index is 114. The molecule has 0 aromatic carbocycles. The molecule has 0 aromatic heterocycles. The van der Waals surface area contributed by atoms with E-state index in [2.05, 4.69) is 17.2 Å². The molecular weight excluding hydrogens is 158 g/mol. The number of amidine groups is 1. The molecule has 0 radical (unpaired) electrons. The van der Waals surface area contributed by atoms with E-state index >= 15 is 0 Å².